The van der Waals surface area contributed by atoms with Crippen LogP contribution in [0.5, 0.6) is 0 Å². The van der Waals surface area contributed by atoms with Crippen molar-refractivity contribution < 1.29 is 14.0 Å². The van der Waals surface area contributed by atoms with E-state index in [9.17, 15) is 9.59 Å². The van der Waals surface area contributed by atoms with Gasteiger partial charge in [0, 0.05) is 55.9 Å². The van der Waals surface area contributed by atoms with Crippen LogP contribution in [-0.4, -0.2) is 53.8 Å². The third kappa shape index (κ3) is 5.93. The molecule has 2 aromatic carbocycles. The molecule has 0 saturated heterocycles. The van der Waals surface area contributed by atoms with Gasteiger partial charge in [-0.3, -0.25) is 9.59 Å². The average molecular weight is 513 g/mol. The fourth-order valence-electron chi connectivity index (χ4n) is 4.98. The van der Waals surface area contributed by atoms with Gasteiger partial charge in [0.25, 0.3) is 0 Å². The smallest absolute Gasteiger partial charge is 0.242 e. The highest BCUT2D eigenvalue weighted by molar-refractivity contribution is 5.86. The normalized spacial score (nSPS) is 13.3. The fraction of sp³-hybridized carbons (Fsp3) is 0.355. The molecule has 7 heteroatoms. The van der Waals surface area contributed by atoms with Gasteiger partial charge in [0.05, 0.1) is 12.8 Å². The van der Waals surface area contributed by atoms with Crippen LogP contribution in [0, 0.1) is 5.92 Å². The summed E-state index contributed by atoms with van der Waals surface area (Å²) >= 11 is 0. The molecule has 0 unspecified atom stereocenters. The number of furan rings is 1. The van der Waals surface area contributed by atoms with Crippen LogP contribution in [0.4, 0.5) is 5.69 Å². The van der Waals surface area contributed by atoms with Gasteiger partial charge in [0.1, 0.15) is 12.3 Å². The summed E-state index contributed by atoms with van der Waals surface area (Å²) in [6.07, 6.45) is 7.21. The monoisotopic (exact) mass is 512 g/mol. The van der Waals surface area contributed by atoms with E-state index in [-0.39, 0.29) is 24.3 Å². The molecular weight excluding hydrogens is 476 g/mol. The highest BCUT2D eigenvalue weighted by Gasteiger charge is 2.32. The zero-order valence-corrected chi connectivity index (χ0v) is 22.2. The van der Waals surface area contributed by atoms with Crippen molar-refractivity contribution in [2.45, 2.75) is 38.8 Å². The van der Waals surface area contributed by atoms with E-state index in [2.05, 4.69) is 46.3 Å². The van der Waals surface area contributed by atoms with Crippen LogP contribution in [0.2, 0.25) is 0 Å². The Morgan fingerprint density at radius 2 is 1.74 bits per heavy atom. The molecule has 1 saturated carbocycles. The first-order valence-electron chi connectivity index (χ1n) is 13.4. The number of rotatable bonds is 11. The maximum atomic E-state index is 13.8. The molecule has 0 radical (unpaired) electrons. The predicted octanol–water partition coefficient (Wildman–Crippen LogP) is 5.23. The first-order chi connectivity index (χ1) is 18.5. The Labute approximate surface area is 224 Å². The second-order valence-electron chi connectivity index (χ2n) is 10.4. The van der Waals surface area contributed by atoms with E-state index in [1.54, 1.807) is 11.2 Å². The number of nitrogens with one attached hydrogen (secondary N) is 1. The lowest BCUT2D eigenvalue weighted by Gasteiger charge is -2.32. The van der Waals surface area contributed by atoms with Crippen molar-refractivity contribution in [3.63, 3.8) is 0 Å². The number of para-hydroxylation sites is 1. The molecule has 0 bridgehead atoms. The molecule has 7 nitrogen and oxygen atoms in total. The van der Waals surface area contributed by atoms with Crippen molar-refractivity contribution in [3.8, 4) is 0 Å². The molecule has 5 rings (SSSR count). The number of carbonyl (C=O) groups excluding carboxylic acids is 2. The molecule has 1 aliphatic rings. The summed E-state index contributed by atoms with van der Waals surface area (Å²) in [5.74, 6) is 0.694. The Morgan fingerprint density at radius 1 is 0.947 bits per heavy atom. The molecule has 0 spiro atoms. The number of hydrogen-bond donors (Lipinski definition) is 1. The van der Waals surface area contributed by atoms with Gasteiger partial charge in [-0.05, 0) is 60.7 Å². The van der Waals surface area contributed by atoms with Gasteiger partial charge in [-0.2, -0.15) is 0 Å². The van der Waals surface area contributed by atoms with Gasteiger partial charge in [-0.15, -0.1) is 0 Å². The summed E-state index contributed by atoms with van der Waals surface area (Å²) in [6, 6.07) is 20.2. The number of H-pyrrole nitrogens is 1. The third-order valence-electron chi connectivity index (χ3n) is 7.52. The predicted molar refractivity (Wildman–Crippen MR) is 150 cm³/mol. The molecule has 1 N–H and O–H groups in total. The maximum Gasteiger partial charge on any atom is 0.242 e. The quantitative estimate of drug-likeness (QED) is 0.299. The Balaban J connectivity index is 1.35. The Kier molecular flexibility index (Phi) is 7.82. The number of fused-ring (bicyclic) bond motifs is 1. The van der Waals surface area contributed by atoms with Crippen molar-refractivity contribution in [3.05, 3.63) is 90.0 Å². The number of carbonyl (C=O) groups is 2. The molecule has 198 valence electrons. The summed E-state index contributed by atoms with van der Waals surface area (Å²) in [7, 11) is 4.03. The van der Waals surface area contributed by atoms with Gasteiger partial charge in [-0.1, -0.05) is 36.8 Å². The number of aromatic amines is 1. The number of benzene rings is 2. The van der Waals surface area contributed by atoms with Crippen molar-refractivity contribution in [1.82, 2.24) is 14.8 Å². The zero-order chi connectivity index (χ0) is 26.5. The van der Waals surface area contributed by atoms with Gasteiger partial charge in [-0.25, -0.2) is 0 Å². The van der Waals surface area contributed by atoms with E-state index in [0.717, 1.165) is 42.5 Å². The highest BCUT2D eigenvalue weighted by atomic mass is 16.3. The zero-order valence-electron chi connectivity index (χ0n) is 22.2. The van der Waals surface area contributed by atoms with Crippen LogP contribution in [-0.2, 0) is 29.1 Å². The topological polar surface area (TPSA) is 72.8 Å². The number of nitrogens with zero attached hydrogens (tertiary/aromatic N) is 3. The standard InChI is InChI=1S/C31H36N4O3/c1-33(2)26-14-12-23(13-15-26)20-34(17-16-25-19-32-29-11-4-3-10-28(25)29)30(36)22-35(21-27-9-6-18-38-27)31(37)24-7-5-8-24/h3-4,6,9-15,18-19,24,32H,5,7-8,16-17,20-22H2,1-2H3. The van der Waals surface area contributed by atoms with Crippen LogP contribution >= 0.6 is 0 Å². The van der Waals surface area contributed by atoms with Gasteiger partial charge in [0.15, 0.2) is 0 Å². The minimum Gasteiger partial charge on any atom is -0.467 e. The lowest BCUT2D eigenvalue weighted by molar-refractivity contribution is -0.145. The maximum absolute atomic E-state index is 13.8. The van der Waals surface area contributed by atoms with E-state index in [1.807, 2.05) is 49.5 Å². The molecule has 1 aliphatic carbocycles. The third-order valence-corrected chi connectivity index (χ3v) is 7.52. The Hall–Kier alpha value is -4.00. The second-order valence-corrected chi connectivity index (χ2v) is 10.4. The Bertz CT molecular complexity index is 1350. The summed E-state index contributed by atoms with van der Waals surface area (Å²) in [6.45, 7) is 1.39. The van der Waals surface area contributed by atoms with Gasteiger partial charge >= 0.3 is 0 Å². The molecule has 0 aliphatic heterocycles. The van der Waals surface area contributed by atoms with Crippen LogP contribution in [0.1, 0.15) is 36.1 Å². The molecular formula is C31H36N4O3. The van der Waals surface area contributed by atoms with Crippen LogP contribution in [0.15, 0.2) is 77.5 Å². The molecule has 1 fully saturated rings. The van der Waals surface area contributed by atoms with E-state index < -0.39 is 0 Å². The fourth-order valence-corrected chi connectivity index (χ4v) is 4.98. The van der Waals surface area contributed by atoms with E-state index in [1.165, 1.54) is 10.9 Å². The molecule has 2 heterocycles. The van der Waals surface area contributed by atoms with Crippen molar-refractivity contribution >= 4 is 28.4 Å². The van der Waals surface area contributed by atoms with Gasteiger partial charge < -0.3 is 24.1 Å². The summed E-state index contributed by atoms with van der Waals surface area (Å²) in [4.78, 5) is 36.0. The van der Waals surface area contributed by atoms with E-state index >= 15 is 0 Å². The molecule has 0 atom stereocenters. The molecule has 38 heavy (non-hydrogen) atoms. The number of hydrogen-bond acceptors (Lipinski definition) is 4. The minimum absolute atomic E-state index is 0.0102. The molecule has 4 aromatic rings. The second kappa shape index (κ2) is 11.6. The number of anilines is 1. The SMILES string of the molecule is CN(C)c1ccc(CN(CCc2c[nH]c3ccccc23)C(=O)CN(Cc2ccco2)C(=O)C2CCC2)cc1. The molecule has 2 amide bonds. The first kappa shape index (κ1) is 25.6. The Morgan fingerprint density at radius 3 is 2.42 bits per heavy atom. The lowest BCUT2D eigenvalue weighted by atomic mass is 9.84. The van der Waals surface area contributed by atoms with Crippen molar-refractivity contribution in [2.75, 3.05) is 32.1 Å². The summed E-state index contributed by atoms with van der Waals surface area (Å²) in [5.41, 5.74) is 4.45. The van der Waals surface area contributed by atoms with Crippen LogP contribution in [0.25, 0.3) is 10.9 Å². The van der Waals surface area contributed by atoms with Gasteiger partial charge in [0.2, 0.25) is 11.8 Å². The van der Waals surface area contributed by atoms with E-state index in [4.69, 9.17) is 4.42 Å². The summed E-state index contributed by atoms with van der Waals surface area (Å²) in [5, 5.41) is 1.18. The lowest BCUT2D eigenvalue weighted by Crippen LogP contribution is -2.46. The van der Waals surface area contributed by atoms with E-state index in [0.29, 0.717) is 25.4 Å². The number of aromatic nitrogens is 1. The van der Waals surface area contributed by atoms with Crippen molar-refractivity contribution in [2.24, 2.45) is 5.92 Å². The van der Waals surface area contributed by atoms with Crippen molar-refractivity contribution in [1.29, 1.82) is 0 Å². The molecule has 2 aromatic heterocycles. The number of amides is 2. The minimum atomic E-state index is -0.0549. The highest BCUT2D eigenvalue weighted by Crippen LogP contribution is 2.29. The van der Waals surface area contributed by atoms with Crippen LogP contribution in [0.3, 0.4) is 0 Å². The van der Waals surface area contributed by atoms with Crippen LogP contribution < -0.4 is 4.90 Å². The average Bonchev–Trinajstić information content (AvgIpc) is 3.55. The summed E-state index contributed by atoms with van der Waals surface area (Å²) < 4.78 is 5.52. The first-order valence-corrected chi connectivity index (χ1v) is 13.4. The largest absolute Gasteiger partial charge is 0.467 e.